The minimum absolute atomic E-state index is 0.0488. The minimum atomic E-state index is -3.63. The summed E-state index contributed by atoms with van der Waals surface area (Å²) in [6.45, 7) is 7.39. The van der Waals surface area contributed by atoms with Crippen molar-refractivity contribution in [2.75, 3.05) is 13.1 Å². The van der Waals surface area contributed by atoms with E-state index in [2.05, 4.69) is 21.9 Å². The SMILES string of the molecule is C=CCNS(=O)(=O)c1ccc(C(=O)N[C@@H](C)C(=O)NCC)cc1. The average molecular weight is 339 g/mol. The second-order valence-electron chi connectivity index (χ2n) is 4.75. The van der Waals surface area contributed by atoms with Gasteiger partial charge in [0.2, 0.25) is 15.9 Å². The van der Waals surface area contributed by atoms with Crippen LogP contribution in [0.4, 0.5) is 0 Å². The normalized spacial score (nSPS) is 12.3. The third-order valence-electron chi connectivity index (χ3n) is 2.94. The van der Waals surface area contributed by atoms with E-state index in [-0.39, 0.29) is 22.9 Å². The number of sulfonamides is 1. The molecule has 0 aliphatic heterocycles. The molecule has 23 heavy (non-hydrogen) atoms. The number of carbonyl (C=O) groups excluding carboxylic acids is 2. The van der Waals surface area contributed by atoms with E-state index in [9.17, 15) is 18.0 Å². The predicted octanol–water partition coefficient (Wildman–Crippen LogP) is 0.405. The van der Waals surface area contributed by atoms with Gasteiger partial charge in [-0.3, -0.25) is 9.59 Å². The molecule has 0 heterocycles. The number of rotatable bonds is 8. The summed E-state index contributed by atoms with van der Waals surface area (Å²) in [7, 11) is -3.63. The summed E-state index contributed by atoms with van der Waals surface area (Å²) in [5.74, 6) is -0.736. The van der Waals surface area contributed by atoms with Crippen LogP contribution >= 0.6 is 0 Å². The van der Waals surface area contributed by atoms with Crippen LogP contribution in [-0.4, -0.2) is 39.4 Å². The van der Waals surface area contributed by atoms with E-state index in [4.69, 9.17) is 0 Å². The van der Waals surface area contributed by atoms with Crippen molar-refractivity contribution in [3.8, 4) is 0 Å². The molecule has 8 heteroatoms. The zero-order chi connectivity index (χ0) is 17.5. The van der Waals surface area contributed by atoms with Crippen molar-refractivity contribution in [2.24, 2.45) is 0 Å². The second-order valence-corrected chi connectivity index (χ2v) is 6.52. The van der Waals surface area contributed by atoms with Crippen LogP contribution in [0.25, 0.3) is 0 Å². The Bertz CT molecular complexity index is 668. The van der Waals surface area contributed by atoms with Gasteiger partial charge in [0.15, 0.2) is 0 Å². The highest BCUT2D eigenvalue weighted by molar-refractivity contribution is 7.89. The van der Waals surface area contributed by atoms with Crippen molar-refractivity contribution in [3.05, 3.63) is 42.5 Å². The van der Waals surface area contributed by atoms with Gasteiger partial charge in [-0.05, 0) is 38.1 Å². The third kappa shape index (κ3) is 5.50. The predicted molar refractivity (Wildman–Crippen MR) is 87.4 cm³/mol. The standard InChI is InChI=1S/C15H21N3O4S/c1-4-10-17-23(21,22)13-8-6-12(7-9-13)15(20)18-11(3)14(19)16-5-2/h4,6-9,11,17H,1,5,10H2,2-3H3,(H,16,19)(H,18,20)/t11-/m0/s1. The molecule has 0 bridgehead atoms. The van der Waals surface area contributed by atoms with Crippen LogP contribution in [0.2, 0.25) is 0 Å². The van der Waals surface area contributed by atoms with Crippen molar-refractivity contribution >= 4 is 21.8 Å². The summed E-state index contributed by atoms with van der Waals surface area (Å²) >= 11 is 0. The van der Waals surface area contributed by atoms with Crippen LogP contribution in [0.5, 0.6) is 0 Å². The van der Waals surface area contributed by atoms with E-state index in [0.717, 1.165) is 0 Å². The molecule has 0 aliphatic carbocycles. The molecule has 0 fully saturated rings. The third-order valence-corrected chi connectivity index (χ3v) is 4.38. The van der Waals surface area contributed by atoms with Gasteiger partial charge in [-0.1, -0.05) is 6.08 Å². The average Bonchev–Trinajstić information content (AvgIpc) is 2.53. The van der Waals surface area contributed by atoms with E-state index in [1.807, 2.05) is 0 Å². The van der Waals surface area contributed by atoms with Gasteiger partial charge >= 0.3 is 0 Å². The lowest BCUT2D eigenvalue weighted by Crippen LogP contribution is -2.44. The number of carbonyl (C=O) groups is 2. The zero-order valence-corrected chi connectivity index (χ0v) is 13.9. The van der Waals surface area contributed by atoms with Crippen LogP contribution in [0.15, 0.2) is 41.8 Å². The van der Waals surface area contributed by atoms with Crippen LogP contribution < -0.4 is 15.4 Å². The fourth-order valence-corrected chi connectivity index (χ4v) is 2.71. The molecule has 1 atom stereocenters. The first-order valence-corrected chi connectivity index (χ1v) is 8.59. The number of likely N-dealkylation sites (N-methyl/N-ethyl adjacent to an activating group) is 1. The number of benzene rings is 1. The molecule has 7 nitrogen and oxygen atoms in total. The van der Waals surface area contributed by atoms with E-state index in [1.54, 1.807) is 13.8 Å². The summed E-state index contributed by atoms with van der Waals surface area (Å²) in [6, 6.07) is 4.76. The summed E-state index contributed by atoms with van der Waals surface area (Å²) in [5, 5.41) is 5.15. The molecule has 3 N–H and O–H groups in total. The van der Waals surface area contributed by atoms with E-state index in [0.29, 0.717) is 6.54 Å². The first kappa shape index (κ1) is 18.9. The Balaban J connectivity index is 2.78. The summed E-state index contributed by atoms with van der Waals surface area (Å²) in [6.07, 6.45) is 1.43. The maximum Gasteiger partial charge on any atom is 0.251 e. The molecule has 0 unspecified atom stereocenters. The fourth-order valence-electron chi connectivity index (χ4n) is 1.71. The monoisotopic (exact) mass is 339 g/mol. The lowest BCUT2D eigenvalue weighted by atomic mass is 10.2. The quantitative estimate of drug-likeness (QED) is 0.597. The maximum atomic E-state index is 12.0. The minimum Gasteiger partial charge on any atom is -0.355 e. The molecule has 1 aromatic carbocycles. The Labute approximate surface area is 136 Å². The summed E-state index contributed by atoms with van der Waals surface area (Å²) in [5.41, 5.74) is 0.267. The smallest absolute Gasteiger partial charge is 0.251 e. The molecule has 0 radical (unpaired) electrons. The Hall–Kier alpha value is -2.19. The van der Waals surface area contributed by atoms with Gasteiger partial charge in [0, 0.05) is 18.7 Å². The van der Waals surface area contributed by atoms with E-state index in [1.165, 1.54) is 30.3 Å². The Morgan fingerprint density at radius 1 is 1.26 bits per heavy atom. The van der Waals surface area contributed by atoms with Crippen molar-refractivity contribution in [1.82, 2.24) is 15.4 Å². The molecule has 0 saturated heterocycles. The maximum absolute atomic E-state index is 12.0. The fraction of sp³-hybridized carbons (Fsp3) is 0.333. The molecular formula is C15H21N3O4S. The van der Waals surface area contributed by atoms with Gasteiger partial charge < -0.3 is 10.6 Å². The van der Waals surface area contributed by atoms with E-state index < -0.39 is 22.0 Å². The van der Waals surface area contributed by atoms with Crippen LogP contribution in [0.1, 0.15) is 24.2 Å². The van der Waals surface area contributed by atoms with Gasteiger partial charge in [0.05, 0.1) is 4.90 Å². The van der Waals surface area contributed by atoms with Crippen molar-refractivity contribution < 1.29 is 18.0 Å². The highest BCUT2D eigenvalue weighted by Crippen LogP contribution is 2.10. The second kappa shape index (κ2) is 8.44. The molecular weight excluding hydrogens is 318 g/mol. The Kier molecular flexibility index (Phi) is 6.92. The lowest BCUT2D eigenvalue weighted by molar-refractivity contribution is -0.122. The number of hydrogen-bond acceptors (Lipinski definition) is 4. The molecule has 126 valence electrons. The number of nitrogens with one attached hydrogen (secondary N) is 3. The molecule has 1 rings (SSSR count). The Morgan fingerprint density at radius 3 is 2.39 bits per heavy atom. The molecule has 1 aromatic rings. The molecule has 0 aliphatic rings. The number of hydrogen-bond donors (Lipinski definition) is 3. The molecule has 2 amide bonds. The Morgan fingerprint density at radius 2 is 1.87 bits per heavy atom. The van der Waals surface area contributed by atoms with Crippen molar-refractivity contribution in [2.45, 2.75) is 24.8 Å². The van der Waals surface area contributed by atoms with Gasteiger partial charge in [-0.25, -0.2) is 13.1 Å². The number of amides is 2. The topological polar surface area (TPSA) is 104 Å². The van der Waals surface area contributed by atoms with Gasteiger partial charge in [-0.2, -0.15) is 0 Å². The van der Waals surface area contributed by atoms with Crippen molar-refractivity contribution in [1.29, 1.82) is 0 Å². The van der Waals surface area contributed by atoms with Crippen LogP contribution in [0, 0.1) is 0 Å². The molecule has 0 spiro atoms. The van der Waals surface area contributed by atoms with E-state index >= 15 is 0 Å². The van der Waals surface area contributed by atoms with Gasteiger partial charge in [0.1, 0.15) is 6.04 Å². The largest absolute Gasteiger partial charge is 0.355 e. The van der Waals surface area contributed by atoms with Crippen LogP contribution in [-0.2, 0) is 14.8 Å². The van der Waals surface area contributed by atoms with Crippen LogP contribution in [0.3, 0.4) is 0 Å². The lowest BCUT2D eigenvalue weighted by Gasteiger charge is -2.13. The first-order chi connectivity index (χ1) is 10.8. The van der Waals surface area contributed by atoms with Gasteiger partial charge in [0.25, 0.3) is 5.91 Å². The summed E-state index contributed by atoms with van der Waals surface area (Å²) in [4.78, 5) is 23.7. The highest BCUT2D eigenvalue weighted by Gasteiger charge is 2.17. The van der Waals surface area contributed by atoms with Gasteiger partial charge in [-0.15, -0.1) is 6.58 Å². The van der Waals surface area contributed by atoms with Crippen molar-refractivity contribution in [3.63, 3.8) is 0 Å². The highest BCUT2D eigenvalue weighted by atomic mass is 32.2. The zero-order valence-electron chi connectivity index (χ0n) is 13.1. The summed E-state index contributed by atoms with van der Waals surface area (Å²) < 4.78 is 26.1. The molecule has 0 aromatic heterocycles. The first-order valence-electron chi connectivity index (χ1n) is 7.11. The molecule has 0 saturated carbocycles.